The molecule has 0 radical (unpaired) electrons. The smallest absolute Gasteiger partial charge is 0.362 e. The summed E-state index contributed by atoms with van der Waals surface area (Å²) in [6.07, 6.45) is 1.22. The Kier molecular flexibility index (Phi) is 3.16. The van der Waals surface area contributed by atoms with E-state index in [1.807, 2.05) is 0 Å². The van der Waals surface area contributed by atoms with Crippen LogP contribution in [-0.4, -0.2) is 15.2 Å². The molecule has 3 aromatic rings. The van der Waals surface area contributed by atoms with Crippen LogP contribution in [0.1, 0.15) is 11.3 Å². The fourth-order valence-electron chi connectivity index (χ4n) is 1.93. The minimum absolute atomic E-state index is 0.00505. The molecule has 0 amide bonds. The number of aliphatic hydroxyl groups excluding tert-OH is 1. The Bertz CT molecular complexity index is 896. The lowest BCUT2D eigenvalue weighted by molar-refractivity contribution is 0.473. The van der Waals surface area contributed by atoms with Crippen LogP contribution in [0.3, 0.4) is 0 Å². The zero-order valence-electron chi connectivity index (χ0n) is 10.9. The van der Waals surface area contributed by atoms with Crippen molar-refractivity contribution in [3.63, 3.8) is 0 Å². The van der Waals surface area contributed by atoms with Gasteiger partial charge >= 0.3 is 5.63 Å². The molecule has 2 N–H and O–H groups in total. The van der Waals surface area contributed by atoms with E-state index in [0.717, 1.165) is 0 Å². The molecule has 0 saturated heterocycles. The summed E-state index contributed by atoms with van der Waals surface area (Å²) in [5, 5.41) is 19.4. The van der Waals surface area contributed by atoms with E-state index in [-0.39, 0.29) is 17.2 Å². The minimum Gasteiger partial charge on any atom is -0.508 e. The average molecular weight is 281 g/mol. The molecule has 1 heterocycles. The summed E-state index contributed by atoms with van der Waals surface area (Å²) in [7, 11) is 0. The van der Waals surface area contributed by atoms with Crippen LogP contribution in [0.2, 0.25) is 0 Å². The van der Waals surface area contributed by atoms with Crippen LogP contribution in [0, 0.1) is 0 Å². The van der Waals surface area contributed by atoms with Gasteiger partial charge in [-0.05, 0) is 24.3 Å². The Labute approximate surface area is 119 Å². The van der Waals surface area contributed by atoms with Gasteiger partial charge in [-0.15, -0.1) is 0 Å². The number of phenols is 1. The first-order valence-electron chi connectivity index (χ1n) is 6.23. The van der Waals surface area contributed by atoms with Crippen LogP contribution in [0.4, 0.5) is 0 Å². The first kappa shape index (κ1) is 12.9. The number of nitrogens with zero attached hydrogens (tertiary/aromatic N) is 1. The first-order valence-corrected chi connectivity index (χ1v) is 6.23. The number of benzene rings is 2. The molecule has 0 saturated carbocycles. The number of hydrogen-bond donors (Lipinski definition) is 2. The summed E-state index contributed by atoms with van der Waals surface area (Å²) >= 11 is 0. The van der Waals surface area contributed by atoms with E-state index in [2.05, 4.69) is 4.98 Å². The molecular formula is C16H11NO4. The summed E-state index contributed by atoms with van der Waals surface area (Å²) in [5.74, 6) is -0.160. The van der Waals surface area contributed by atoms with Gasteiger partial charge in [0.15, 0.2) is 11.3 Å². The lowest BCUT2D eigenvalue weighted by atomic mass is 10.1. The summed E-state index contributed by atoms with van der Waals surface area (Å²) in [6, 6.07) is 12.9. The molecule has 0 spiro atoms. The number of rotatable bonds is 2. The van der Waals surface area contributed by atoms with Crippen LogP contribution < -0.4 is 5.63 Å². The molecule has 0 aliphatic rings. The van der Waals surface area contributed by atoms with Crippen molar-refractivity contribution in [3.8, 4) is 5.75 Å². The lowest BCUT2D eigenvalue weighted by Gasteiger charge is -2.01. The molecule has 0 atom stereocenters. The zero-order chi connectivity index (χ0) is 14.8. The predicted octanol–water partition coefficient (Wildman–Crippen LogP) is 2.95. The third-order valence-corrected chi connectivity index (χ3v) is 2.93. The maximum atomic E-state index is 11.8. The largest absolute Gasteiger partial charge is 0.508 e. The molecule has 5 nitrogen and oxygen atoms in total. The van der Waals surface area contributed by atoms with Gasteiger partial charge in [0, 0.05) is 11.6 Å². The van der Waals surface area contributed by atoms with E-state index in [9.17, 15) is 15.0 Å². The van der Waals surface area contributed by atoms with Crippen molar-refractivity contribution in [2.75, 3.05) is 0 Å². The number of aromatic nitrogens is 1. The van der Waals surface area contributed by atoms with Crippen molar-refractivity contribution >= 4 is 22.9 Å². The number of para-hydroxylation sites is 2. The van der Waals surface area contributed by atoms with Crippen molar-refractivity contribution in [1.82, 2.24) is 4.98 Å². The van der Waals surface area contributed by atoms with Crippen LogP contribution >= 0.6 is 0 Å². The third kappa shape index (κ3) is 2.62. The second kappa shape index (κ2) is 5.13. The summed E-state index contributed by atoms with van der Waals surface area (Å²) in [5.41, 5.74) is 0.642. The summed E-state index contributed by atoms with van der Waals surface area (Å²) in [4.78, 5) is 16.0. The summed E-state index contributed by atoms with van der Waals surface area (Å²) < 4.78 is 5.13. The SMILES string of the molecule is O=c1oc2ccccc2nc1/C=C(\O)c1cccc(O)c1. The van der Waals surface area contributed by atoms with E-state index in [0.29, 0.717) is 16.7 Å². The van der Waals surface area contributed by atoms with Gasteiger partial charge in [-0.1, -0.05) is 24.3 Å². The number of aliphatic hydroxyl groups is 1. The second-order valence-electron chi connectivity index (χ2n) is 4.43. The van der Waals surface area contributed by atoms with Gasteiger partial charge in [0.25, 0.3) is 0 Å². The van der Waals surface area contributed by atoms with Gasteiger partial charge in [-0.3, -0.25) is 0 Å². The molecule has 104 valence electrons. The summed E-state index contributed by atoms with van der Waals surface area (Å²) in [6.45, 7) is 0. The van der Waals surface area contributed by atoms with Crippen molar-refractivity contribution in [2.45, 2.75) is 0 Å². The second-order valence-corrected chi connectivity index (χ2v) is 4.43. The van der Waals surface area contributed by atoms with Crippen molar-refractivity contribution in [3.05, 3.63) is 70.2 Å². The Balaban J connectivity index is 2.10. The molecule has 21 heavy (non-hydrogen) atoms. The van der Waals surface area contributed by atoms with Crippen LogP contribution in [0.5, 0.6) is 5.75 Å². The van der Waals surface area contributed by atoms with Crippen molar-refractivity contribution < 1.29 is 14.6 Å². The predicted molar refractivity (Wildman–Crippen MR) is 78.9 cm³/mol. The molecule has 0 aliphatic carbocycles. The van der Waals surface area contributed by atoms with Crippen molar-refractivity contribution in [2.24, 2.45) is 0 Å². The quantitative estimate of drug-likeness (QED) is 0.705. The van der Waals surface area contributed by atoms with E-state index in [1.54, 1.807) is 36.4 Å². The Hall–Kier alpha value is -3.08. The Morgan fingerprint density at radius 2 is 1.95 bits per heavy atom. The lowest BCUT2D eigenvalue weighted by Crippen LogP contribution is -2.06. The van der Waals surface area contributed by atoms with E-state index < -0.39 is 5.63 Å². The fourth-order valence-corrected chi connectivity index (χ4v) is 1.93. The number of fused-ring (bicyclic) bond motifs is 1. The van der Waals surface area contributed by atoms with Gasteiger partial charge in [-0.25, -0.2) is 9.78 Å². The monoisotopic (exact) mass is 281 g/mol. The normalized spacial score (nSPS) is 11.7. The highest BCUT2D eigenvalue weighted by Crippen LogP contribution is 2.19. The molecule has 0 bridgehead atoms. The van der Waals surface area contributed by atoms with Crippen molar-refractivity contribution in [1.29, 1.82) is 0 Å². The number of aromatic hydroxyl groups is 1. The standard InChI is InChI=1S/C16H11NO4/c18-11-5-3-4-10(8-11)14(19)9-13-16(20)21-15-7-2-1-6-12(15)17-13/h1-9,18-19H/b14-9-. The van der Waals surface area contributed by atoms with E-state index in [4.69, 9.17) is 4.42 Å². The molecule has 3 rings (SSSR count). The van der Waals surface area contributed by atoms with E-state index >= 15 is 0 Å². The van der Waals surface area contributed by atoms with Crippen LogP contribution in [0.25, 0.3) is 22.9 Å². The average Bonchev–Trinajstić information content (AvgIpc) is 2.48. The maximum Gasteiger partial charge on any atom is 0.362 e. The van der Waals surface area contributed by atoms with Crippen LogP contribution in [-0.2, 0) is 0 Å². The molecule has 1 aromatic heterocycles. The molecule has 5 heteroatoms. The zero-order valence-corrected chi connectivity index (χ0v) is 10.9. The number of hydrogen-bond acceptors (Lipinski definition) is 5. The van der Waals surface area contributed by atoms with Gasteiger partial charge in [0.1, 0.15) is 17.0 Å². The molecular weight excluding hydrogens is 270 g/mol. The fraction of sp³-hybridized carbons (Fsp3) is 0. The van der Waals surface area contributed by atoms with E-state index in [1.165, 1.54) is 18.2 Å². The van der Waals surface area contributed by atoms with Gasteiger partial charge < -0.3 is 14.6 Å². The topological polar surface area (TPSA) is 83.6 Å². The van der Waals surface area contributed by atoms with Crippen LogP contribution in [0.15, 0.2) is 57.7 Å². The van der Waals surface area contributed by atoms with Gasteiger partial charge in [0.05, 0.1) is 0 Å². The highest BCUT2D eigenvalue weighted by Gasteiger charge is 2.07. The minimum atomic E-state index is -0.639. The first-order chi connectivity index (χ1) is 10.1. The number of phenolic OH excluding ortho intramolecular Hbond substituents is 1. The highest BCUT2D eigenvalue weighted by molar-refractivity contribution is 5.78. The third-order valence-electron chi connectivity index (χ3n) is 2.93. The molecule has 0 aliphatic heterocycles. The Morgan fingerprint density at radius 1 is 1.14 bits per heavy atom. The molecule has 0 fully saturated rings. The van der Waals surface area contributed by atoms with Gasteiger partial charge in [0.2, 0.25) is 0 Å². The van der Waals surface area contributed by atoms with Gasteiger partial charge in [-0.2, -0.15) is 0 Å². The Morgan fingerprint density at radius 3 is 2.76 bits per heavy atom. The molecule has 2 aromatic carbocycles. The maximum absolute atomic E-state index is 11.8. The molecule has 0 unspecified atom stereocenters. The highest BCUT2D eigenvalue weighted by atomic mass is 16.4.